The minimum Gasteiger partial charge on any atom is -0.436 e. The van der Waals surface area contributed by atoms with Crippen molar-refractivity contribution in [2.24, 2.45) is 0 Å². The van der Waals surface area contributed by atoms with E-state index in [-0.39, 0.29) is 11.9 Å². The van der Waals surface area contributed by atoms with Gasteiger partial charge in [-0.2, -0.15) is 0 Å². The summed E-state index contributed by atoms with van der Waals surface area (Å²) in [6.07, 6.45) is 2.12. The molecule has 0 spiro atoms. The number of aryl methyl sites for hydroxylation is 2. The van der Waals surface area contributed by atoms with Crippen LogP contribution in [0, 0.1) is 13.8 Å². The Morgan fingerprint density at radius 3 is 2.94 bits per heavy atom. The second kappa shape index (κ2) is 4.65. The van der Waals surface area contributed by atoms with Crippen molar-refractivity contribution in [2.75, 3.05) is 13.1 Å². The van der Waals surface area contributed by atoms with E-state index in [0.717, 1.165) is 25.9 Å². The van der Waals surface area contributed by atoms with Crippen LogP contribution in [0.15, 0.2) is 4.42 Å². The van der Waals surface area contributed by atoms with Crippen LogP contribution < -0.4 is 10.6 Å². The van der Waals surface area contributed by atoms with Crippen LogP contribution in [0.25, 0.3) is 0 Å². The van der Waals surface area contributed by atoms with Crippen LogP contribution in [-0.4, -0.2) is 30.0 Å². The third-order valence-electron chi connectivity index (χ3n) is 2.74. The van der Waals surface area contributed by atoms with Gasteiger partial charge in [-0.25, -0.2) is 4.98 Å². The molecule has 5 nitrogen and oxygen atoms in total. The number of hydrogen-bond donors (Lipinski definition) is 2. The maximum atomic E-state index is 11.9. The first kappa shape index (κ1) is 11.1. The van der Waals surface area contributed by atoms with Crippen LogP contribution in [0.5, 0.6) is 0 Å². The predicted octanol–water partition coefficient (Wildman–Crippen LogP) is 0.773. The number of carbonyl (C=O) groups excluding carboxylic acids is 1. The number of piperidine rings is 1. The lowest BCUT2D eigenvalue weighted by atomic mass is 10.1. The van der Waals surface area contributed by atoms with E-state index in [9.17, 15) is 4.79 Å². The Bertz CT molecular complexity index is 381. The van der Waals surface area contributed by atoms with Crippen LogP contribution in [0.4, 0.5) is 0 Å². The SMILES string of the molecule is Cc1nc(C)c(C(=O)NC2CCCNC2)o1. The molecule has 0 saturated carbocycles. The third kappa shape index (κ3) is 2.41. The second-order valence-corrected chi connectivity index (χ2v) is 4.16. The summed E-state index contributed by atoms with van der Waals surface area (Å²) in [5.74, 6) is 0.708. The van der Waals surface area contributed by atoms with Gasteiger partial charge in [-0.1, -0.05) is 0 Å². The van der Waals surface area contributed by atoms with E-state index in [1.54, 1.807) is 13.8 Å². The molecule has 0 bridgehead atoms. The van der Waals surface area contributed by atoms with E-state index in [2.05, 4.69) is 15.6 Å². The van der Waals surface area contributed by atoms with Crippen LogP contribution in [0.2, 0.25) is 0 Å². The summed E-state index contributed by atoms with van der Waals surface area (Å²) in [5, 5.41) is 6.20. The van der Waals surface area contributed by atoms with Crippen molar-refractivity contribution < 1.29 is 9.21 Å². The smallest absolute Gasteiger partial charge is 0.289 e. The fourth-order valence-corrected chi connectivity index (χ4v) is 1.97. The third-order valence-corrected chi connectivity index (χ3v) is 2.74. The molecule has 5 heteroatoms. The zero-order valence-corrected chi connectivity index (χ0v) is 9.67. The van der Waals surface area contributed by atoms with Crippen LogP contribution in [0.3, 0.4) is 0 Å². The number of rotatable bonds is 2. The topological polar surface area (TPSA) is 67.2 Å². The summed E-state index contributed by atoms with van der Waals surface area (Å²) >= 11 is 0. The van der Waals surface area contributed by atoms with Gasteiger partial charge in [0.05, 0.1) is 5.69 Å². The molecule has 1 atom stereocenters. The van der Waals surface area contributed by atoms with Gasteiger partial charge in [0.1, 0.15) is 0 Å². The van der Waals surface area contributed by atoms with Crippen LogP contribution in [0.1, 0.15) is 35.0 Å². The van der Waals surface area contributed by atoms with E-state index in [1.807, 2.05) is 0 Å². The summed E-state index contributed by atoms with van der Waals surface area (Å²) in [6, 6.07) is 0.200. The Hall–Kier alpha value is -1.36. The Kier molecular flexibility index (Phi) is 3.24. The highest BCUT2D eigenvalue weighted by atomic mass is 16.4. The molecule has 1 aliphatic heterocycles. The zero-order valence-electron chi connectivity index (χ0n) is 9.67. The van der Waals surface area contributed by atoms with E-state index >= 15 is 0 Å². The van der Waals surface area contributed by atoms with Crippen molar-refractivity contribution >= 4 is 5.91 Å². The van der Waals surface area contributed by atoms with Gasteiger partial charge in [0.2, 0.25) is 5.76 Å². The minimum absolute atomic E-state index is 0.160. The first-order valence-corrected chi connectivity index (χ1v) is 5.62. The molecule has 1 fully saturated rings. The lowest BCUT2D eigenvalue weighted by molar-refractivity contribution is 0.0900. The van der Waals surface area contributed by atoms with Gasteiger partial charge in [-0.15, -0.1) is 0 Å². The lowest BCUT2D eigenvalue weighted by Gasteiger charge is -2.23. The fourth-order valence-electron chi connectivity index (χ4n) is 1.97. The molecule has 2 heterocycles. The number of carbonyl (C=O) groups is 1. The number of aromatic nitrogens is 1. The standard InChI is InChI=1S/C11H17N3O2/c1-7-10(16-8(2)13-7)11(15)14-9-4-3-5-12-6-9/h9,12H,3-6H2,1-2H3,(H,14,15). The molecule has 88 valence electrons. The summed E-state index contributed by atoms with van der Waals surface area (Å²) in [6.45, 7) is 5.39. The Balaban J connectivity index is 1.99. The van der Waals surface area contributed by atoms with Gasteiger partial charge >= 0.3 is 0 Å². The van der Waals surface area contributed by atoms with E-state index in [0.29, 0.717) is 17.3 Å². The number of nitrogens with zero attached hydrogens (tertiary/aromatic N) is 1. The van der Waals surface area contributed by atoms with Crippen LogP contribution >= 0.6 is 0 Å². The molecular formula is C11H17N3O2. The van der Waals surface area contributed by atoms with Crippen molar-refractivity contribution in [3.05, 3.63) is 17.3 Å². The van der Waals surface area contributed by atoms with Gasteiger partial charge in [0.15, 0.2) is 5.89 Å². The van der Waals surface area contributed by atoms with Gasteiger partial charge in [0.25, 0.3) is 5.91 Å². The predicted molar refractivity (Wildman–Crippen MR) is 59.3 cm³/mol. The summed E-state index contributed by atoms with van der Waals surface area (Å²) < 4.78 is 5.27. The van der Waals surface area contributed by atoms with Crippen molar-refractivity contribution in [1.82, 2.24) is 15.6 Å². The Morgan fingerprint density at radius 1 is 1.56 bits per heavy atom. The highest BCUT2D eigenvalue weighted by Gasteiger charge is 2.20. The number of oxazole rings is 1. The monoisotopic (exact) mass is 223 g/mol. The summed E-state index contributed by atoms with van der Waals surface area (Å²) in [7, 11) is 0. The lowest BCUT2D eigenvalue weighted by Crippen LogP contribution is -2.45. The van der Waals surface area contributed by atoms with Crippen molar-refractivity contribution in [3.8, 4) is 0 Å². The molecule has 0 aliphatic carbocycles. The van der Waals surface area contributed by atoms with Gasteiger partial charge < -0.3 is 15.1 Å². The molecule has 2 rings (SSSR count). The minimum atomic E-state index is -0.160. The molecule has 16 heavy (non-hydrogen) atoms. The number of hydrogen-bond acceptors (Lipinski definition) is 4. The highest BCUT2D eigenvalue weighted by molar-refractivity contribution is 5.92. The maximum Gasteiger partial charge on any atom is 0.289 e. The quantitative estimate of drug-likeness (QED) is 0.777. The van der Waals surface area contributed by atoms with Gasteiger partial charge in [-0.05, 0) is 26.3 Å². The molecule has 1 amide bonds. The summed E-state index contributed by atoms with van der Waals surface area (Å²) in [5.41, 5.74) is 0.652. The van der Waals surface area contributed by atoms with E-state index in [1.165, 1.54) is 0 Å². The molecule has 1 unspecified atom stereocenters. The Labute approximate surface area is 94.6 Å². The first-order valence-electron chi connectivity index (χ1n) is 5.62. The molecule has 0 radical (unpaired) electrons. The van der Waals surface area contributed by atoms with E-state index in [4.69, 9.17) is 4.42 Å². The first-order chi connectivity index (χ1) is 7.66. The normalized spacial score (nSPS) is 20.8. The van der Waals surface area contributed by atoms with Gasteiger partial charge in [-0.3, -0.25) is 4.79 Å². The molecule has 2 N–H and O–H groups in total. The molecule has 1 aromatic rings. The largest absolute Gasteiger partial charge is 0.436 e. The average molecular weight is 223 g/mol. The van der Waals surface area contributed by atoms with Crippen LogP contribution in [-0.2, 0) is 0 Å². The fraction of sp³-hybridized carbons (Fsp3) is 0.636. The Morgan fingerprint density at radius 2 is 2.38 bits per heavy atom. The average Bonchev–Trinajstić information content (AvgIpc) is 2.59. The van der Waals surface area contributed by atoms with Gasteiger partial charge in [0, 0.05) is 19.5 Å². The van der Waals surface area contributed by atoms with Crippen molar-refractivity contribution in [2.45, 2.75) is 32.7 Å². The molecule has 1 aromatic heterocycles. The molecule has 1 saturated heterocycles. The van der Waals surface area contributed by atoms with E-state index < -0.39 is 0 Å². The number of amides is 1. The van der Waals surface area contributed by atoms with Crippen molar-refractivity contribution in [3.63, 3.8) is 0 Å². The maximum absolute atomic E-state index is 11.9. The zero-order chi connectivity index (χ0) is 11.5. The molecule has 0 aromatic carbocycles. The molecular weight excluding hydrogens is 206 g/mol. The summed E-state index contributed by atoms with van der Waals surface area (Å²) in [4.78, 5) is 16.0. The number of nitrogens with one attached hydrogen (secondary N) is 2. The van der Waals surface area contributed by atoms with Crippen molar-refractivity contribution in [1.29, 1.82) is 0 Å². The second-order valence-electron chi connectivity index (χ2n) is 4.16. The highest BCUT2D eigenvalue weighted by Crippen LogP contribution is 2.10. The molecule has 1 aliphatic rings.